The molecule has 3 N–H and O–H groups in total. The molecular formula is C20H26FN7O2. The number of carbonyl (C=O) groups excluding carboxylic acids is 1. The Kier molecular flexibility index (Phi) is 5.84. The van der Waals surface area contributed by atoms with E-state index in [0.29, 0.717) is 66.8 Å². The summed E-state index contributed by atoms with van der Waals surface area (Å²) in [5, 5.41) is 9.76. The fraction of sp³-hybridized carbons (Fsp3) is 0.450. The van der Waals surface area contributed by atoms with E-state index in [1.54, 1.807) is 11.0 Å². The van der Waals surface area contributed by atoms with E-state index in [9.17, 15) is 9.18 Å². The average molecular weight is 415 g/mol. The molecule has 1 aliphatic rings. The first-order chi connectivity index (χ1) is 14.6. The average Bonchev–Trinajstić information content (AvgIpc) is 3.26. The molecular weight excluding hydrogens is 389 g/mol. The molecule has 30 heavy (non-hydrogen) atoms. The molecule has 1 saturated heterocycles. The maximum atomic E-state index is 14.8. The summed E-state index contributed by atoms with van der Waals surface area (Å²) in [7, 11) is 0. The summed E-state index contributed by atoms with van der Waals surface area (Å²) in [4.78, 5) is 23.8. The smallest absolute Gasteiger partial charge is 0.321 e. The highest BCUT2D eigenvalue weighted by Crippen LogP contribution is 2.30. The number of halogens is 1. The number of nitrogens with one attached hydrogen (secondary N) is 3. The second kappa shape index (κ2) is 8.70. The number of imidazole rings is 1. The van der Waals surface area contributed by atoms with Crippen molar-refractivity contribution in [3.8, 4) is 11.5 Å². The van der Waals surface area contributed by atoms with Gasteiger partial charge in [-0.2, -0.15) is 5.10 Å². The Balaban J connectivity index is 1.63. The van der Waals surface area contributed by atoms with Gasteiger partial charge >= 0.3 is 6.03 Å². The van der Waals surface area contributed by atoms with Crippen LogP contribution in [0.1, 0.15) is 20.3 Å². The van der Waals surface area contributed by atoms with Gasteiger partial charge in [0.1, 0.15) is 11.5 Å². The summed E-state index contributed by atoms with van der Waals surface area (Å²) in [6.07, 6.45) is 2.39. The summed E-state index contributed by atoms with van der Waals surface area (Å²) in [5.74, 6) is 0.173. The number of urea groups is 1. The van der Waals surface area contributed by atoms with E-state index < -0.39 is 0 Å². The number of hydrogen-bond donors (Lipinski definition) is 3. The van der Waals surface area contributed by atoms with Gasteiger partial charge in [0.2, 0.25) is 0 Å². The summed E-state index contributed by atoms with van der Waals surface area (Å²) in [5.41, 5.74) is 2.79. The fourth-order valence-corrected chi connectivity index (χ4v) is 3.63. The topological polar surface area (TPSA) is 102 Å². The second-order valence-electron chi connectivity index (χ2n) is 7.12. The number of fused-ring (bicyclic) bond motifs is 1. The van der Waals surface area contributed by atoms with Gasteiger partial charge in [-0.1, -0.05) is 0 Å². The molecule has 2 amide bonds. The Morgan fingerprint density at radius 1 is 1.30 bits per heavy atom. The summed E-state index contributed by atoms with van der Waals surface area (Å²) >= 11 is 0. The Morgan fingerprint density at radius 3 is 2.93 bits per heavy atom. The van der Waals surface area contributed by atoms with E-state index in [0.717, 1.165) is 13.0 Å². The van der Waals surface area contributed by atoms with Crippen LogP contribution < -0.4 is 10.2 Å². The van der Waals surface area contributed by atoms with E-state index in [2.05, 4.69) is 25.5 Å². The lowest BCUT2D eigenvalue weighted by molar-refractivity contribution is 0.152. The maximum absolute atomic E-state index is 14.8. The Morgan fingerprint density at radius 2 is 2.13 bits per heavy atom. The van der Waals surface area contributed by atoms with Crippen molar-refractivity contribution in [3.05, 3.63) is 24.1 Å². The number of aromatic amines is 2. The van der Waals surface area contributed by atoms with Crippen LogP contribution in [0.15, 0.2) is 18.3 Å². The Labute approximate surface area is 173 Å². The number of amides is 2. The molecule has 0 aliphatic carbocycles. The summed E-state index contributed by atoms with van der Waals surface area (Å²) < 4.78 is 20.3. The number of rotatable bonds is 5. The van der Waals surface area contributed by atoms with Crippen molar-refractivity contribution in [2.75, 3.05) is 49.6 Å². The van der Waals surface area contributed by atoms with Crippen LogP contribution in [0.4, 0.5) is 20.6 Å². The highest BCUT2D eigenvalue weighted by Gasteiger charge is 2.19. The van der Waals surface area contributed by atoms with Crippen molar-refractivity contribution in [2.45, 2.75) is 20.3 Å². The molecule has 2 aromatic heterocycles. The molecule has 0 saturated carbocycles. The lowest BCUT2D eigenvalue weighted by atomic mass is 10.2. The molecule has 3 aromatic rings. The third-order valence-electron chi connectivity index (χ3n) is 5.28. The number of hydrogen-bond acceptors (Lipinski definition) is 5. The van der Waals surface area contributed by atoms with Crippen LogP contribution in [0, 0.1) is 5.82 Å². The first kappa shape index (κ1) is 20.1. The van der Waals surface area contributed by atoms with Gasteiger partial charge in [-0.25, -0.2) is 14.2 Å². The van der Waals surface area contributed by atoms with Gasteiger partial charge < -0.3 is 24.8 Å². The highest BCUT2D eigenvalue weighted by atomic mass is 19.1. The number of aromatic nitrogens is 4. The lowest BCUT2D eigenvalue weighted by Crippen LogP contribution is -2.34. The molecule has 1 fully saturated rings. The highest BCUT2D eigenvalue weighted by molar-refractivity contribution is 5.93. The molecule has 9 nitrogen and oxygen atoms in total. The van der Waals surface area contributed by atoms with Crippen LogP contribution in [0.25, 0.3) is 22.6 Å². The van der Waals surface area contributed by atoms with Crippen molar-refractivity contribution in [1.82, 2.24) is 25.1 Å². The van der Waals surface area contributed by atoms with Crippen LogP contribution in [0.5, 0.6) is 0 Å². The van der Waals surface area contributed by atoms with E-state index >= 15 is 0 Å². The van der Waals surface area contributed by atoms with Crippen molar-refractivity contribution in [2.24, 2.45) is 0 Å². The molecule has 4 rings (SSSR count). The normalized spacial score (nSPS) is 14.7. The number of H-pyrrole nitrogens is 2. The van der Waals surface area contributed by atoms with E-state index in [1.807, 2.05) is 18.7 Å². The zero-order valence-corrected chi connectivity index (χ0v) is 17.2. The minimum Gasteiger partial charge on any atom is -0.380 e. The van der Waals surface area contributed by atoms with Gasteiger partial charge in [-0.3, -0.25) is 5.10 Å². The van der Waals surface area contributed by atoms with Gasteiger partial charge in [0.25, 0.3) is 0 Å². The van der Waals surface area contributed by atoms with Crippen molar-refractivity contribution in [3.63, 3.8) is 0 Å². The van der Waals surface area contributed by atoms with Gasteiger partial charge in [0, 0.05) is 38.9 Å². The van der Waals surface area contributed by atoms with Crippen LogP contribution in [-0.4, -0.2) is 70.5 Å². The molecule has 0 atom stereocenters. The van der Waals surface area contributed by atoms with Gasteiger partial charge in [-0.15, -0.1) is 0 Å². The van der Waals surface area contributed by atoms with Crippen LogP contribution in [0.3, 0.4) is 0 Å². The lowest BCUT2D eigenvalue weighted by Gasteiger charge is -2.22. The molecule has 0 bridgehead atoms. The maximum Gasteiger partial charge on any atom is 0.321 e. The monoisotopic (exact) mass is 415 g/mol. The van der Waals surface area contributed by atoms with Crippen molar-refractivity contribution < 1.29 is 13.9 Å². The van der Waals surface area contributed by atoms with Crippen LogP contribution >= 0.6 is 0 Å². The minimum atomic E-state index is -0.306. The number of ether oxygens (including phenoxy) is 1. The van der Waals surface area contributed by atoms with Crippen molar-refractivity contribution >= 4 is 28.4 Å². The zero-order valence-electron chi connectivity index (χ0n) is 17.2. The Bertz CT molecular complexity index is 1020. The third-order valence-corrected chi connectivity index (χ3v) is 5.28. The molecule has 1 aliphatic heterocycles. The first-order valence-corrected chi connectivity index (χ1v) is 10.2. The predicted octanol–water partition coefficient (Wildman–Crippen LogP) is 3.19. The van der Waals surface area contributed by atoms with E-state index in [4.69, 9.17) is 4.74 Å². The second-order valence-corrected chi connectivity index (χ2v) is 7.12. The van der Waals surface area contributed by atoms with Gasteiger partial charge in [-0.05, 0) is 26.3 Å². The number of anilines is 2. The Hall–Kier alpha value is -3.14. The SMILES string of the molecule is CCN(CC)C(=O)Nc1cn[nH]c1-c1nc2cc(N3CCCOCC3)c(F)cc2[nH]1. The van der Waals surface area contributed by atoms with Crippen LogP contribution in [0.2, 0.25) is 0 Å². The molecule has 10 heteroatoms. The molecule has 0 spiro atoms. The van der Waals surface area contributed by atoms with E-state index in [1.165, 1.54) is 12.3 Å². The number of carbonyl (C=O) groups is 1. The first-order valence-electron chi connectivity index (χ1n) is 10.2. The van der Waals surface area contributed by atoms with Crippen molar-refractivity contribution in [1.29, 1.82) is 0 Å². The standard InChI is InChI=1S/C20H26FN7O2/c1-3-27(4-2)20(29)25-16-12-22-26-18(16)19-23-14-10-13(21)17(11-15(14)24-19)28-6-5-8-30-9-7-28/h10-12H,3-9H2,1-2H3,(H,22,26)(H,23,24)(H,25,29). The molecule has 0 unspecified atom stereocenters. The largest absolute Gasteiger partial charge is 0.380 e. The summed E-state index contributed by atoms with van der Waals surface area (Å²) in [6.45, 7) is 7.68. The molecule has 160 valence electrons. The zero-order chi connectivity index (χ0) is 21.1. The fourth-order valence-electron chi connectivity index (χ4n) is 3.63. The summed E-state index contributed by atoms with van der Waals surface area (Å²) in [6, 6.07) is 2.99. The van der Waals surface area contributed by atoms with E-state index in [-0.39, 0.29) is 11.8 Å². The molecule has 1 aromatic carbocycles. The minimum absolute atomic E-state index is 0.213. The quantitative estimate of drug-likeness (QED) is 0.594. The molecule has 0 radical (unpaired) electrons. The predicted molar refractivity (Wildman–Crippen MR) is 113 cm³/mol. The number of nitrogens with zero attached hydrogens (tertiary/aromatic N) is 4. The van der Waals surface area contributed by atoms with Crippen LogP contribution in [-0.2, 0) is 4.74 Å². The van der Waals surface area contributed by atoms with Gasteiger partial charge in [0.05, 0.1) is 35.2 Å². The molecule has 3 heterocycles. The number of benzene rings is 1. The van der Waals surface area contributed by atoms with Gasteiger partial charge in [0.15, 0.2) is 5.82 Å². The third kappa shape index (κ3) is 3.95.